The molecule has 2 heterocycles. The van der Waals surface area contributed by atoms with Crippen LogP contribution in [0.25, 0.3) is 4.96 Å². The van der Waals surface area contributed by atoms with Crippen LogP contribution >= 0.6 is 11.3 Å². The van der Waals surface area contributed by atoms with Crippen molar-refractivity contribution in [3.63, 3.8) is 0 Å². The maximum absolute atomic E-state index is 12.1. The average molecular weight is 281 g/mol. The highest BCUT2D eigenvalue weighted by atomic mass is 32.1. The minimum absolute atomic E-state index is 0.184. The molecule has 7 heteroatoms. The number of hydrogen-bond donors (Lipinski definition) is 1. The Labute approximate surface area is 114 Å². The molecule has 102 valence electrons. The van der Waals surface area contributed by atoms with Crippen LogP contribution in [-0.2, 0) is 16.0 Å². The molecule has 1 amide bonds. The highest BCUT2D eigenvalue weighted by molar-refractivity contribution is 7.15. The van der Waals surface area contributed by atoms with Crippen molar-refractivity contribution in [3.05, 3.63) is 23.0 Å². The summed E-state index contributed by atoms with van der Waals surface area (Å²) in [4.78, 5) is 29.2. The molecule has 1 N–H and O–H groups in total. The third-order valence-electron chi connectivity index (χ3n) is 2.80. The Bertz CT molecular complexity index is 617. The largest absolute Gasteiger partial charge is 0.480 e. The second kappa shape index (κ2) is 5.40. The second-order valence-corrected chi connectivity index (χ2v) is 5.08. The summed E-state index contributed by atoms with van der Waals surface area (Å²) in [6.07, 6.45) is 2.07. The van der Waals surface area contributed by atoms with Crippen LogP contribution in [-0.4, -0.2) is 44.4 Å². The molecule has 0 bridgehead atoms. The van der Waals surface area contributed by atoms with Gasteiger partial charge in [-0.15, -0.1) is 11.3 Å². The molecule has 0 aliphatic carbocycles. The lowest BCUT2D eigenvalue weighted by atomic mass is 10.3. The molecule has 0 aromatic carbocycles. The molecule has 0 spiro atoms. The van der Waals surface area contributed by atoms with Crippen LogP contribution in [0.2, 0.25) is 0 Å². The summed E-state index contributed by atoms with van der Waals surface area (Å²) in [5.74, 6) is -1.18. The molecular formula is C12H15N3O3S. The number of imidazole rings is 1. The summed E-state index contributed by atoms with van der Waals surface area (Å²) in [5, 5.41) is 10.6. The van der Waals surface area contributed by atoms with Gasteiger partial charge in [0.25, 0.3) is 0 Å². The minimum Gasteiger partial charge on any atom is -0.480 e. The van der Waals surface area contributed by atoms with E-state index in [1.165, 1.54) is 16.2 Å². The van der Waals surface area contributed by atoms with Crippen molar-refractivity contribution in [2.24, 2.45) is 0 Å². The molecule has 0 radical (unpaired) electrons. The first-order valence-electron chi connectivity index (χ1n) is 5.93. The Kier molecular flexibility index (Phi) is 3.84. The SMILES string of the molecule is CCN(CC(=O)O)C(=O)Cc1csc2nc(C)cn12. The number of hydrogen-bond acceptors (Lipinski definition) is 4. The van der Waals surface area contributed by atoms with E-state index < -0.39 is 5.97 Å². The summed E-state index contributed by atoms with van der Waals surface area (Å²) in [5.41, 5.74) is 1.74. The van der Waals surface area contributed by atoms with Crippen molar-refractivity contribution < 1.29 is 14.7 Å². The van der Waals surface area contributed by atoms with Crippen LogP contribution in [0.5, 0.6) is 0 Å². The van der Waals surface area contributed by atoms with Crippen LogP contribution in [0.3, 0.4) is 0 Å². The summed E-state index contributed by atoms with van der Waals surface area (Å²) in [6.45, 7) is 3.80. The number of carbonyl (C=O) groups excluding carboxylic acids is 1. The molecule has 0 unspecified atom stereocenters. The number of aliphatic carboxylic acids is 1. The Balaban J connectivity index is 2.15. The molecule has 0 saturated heterocycles. The van der Waals surface area contributed by atoms with E-state index in [2.05, 4.69) is 4.98 Å². The fraction of sp³-hybridized carbons (Fsp3) is 0.417. The summed E-state index contributed by atoms with van der Waals surface area (Å²) >= 11 is 1.47. The van der Waals surface area contributed by atoms with Crippen LogP contribution in [0.15, 0.2) is 11.6 Å². The number of fused-ring (bicyclic) bond motifs is 1. The summed E-state index contributed by atoms with van der Waals surface area (Å²) < 4.78 is 1.88. The Morgan fingerprint density at radius 2 is 2.26 bits per heavy atom. The van der Waals surface area contributed by atoms with Crippen molar-refractivity contribution in [1.82, 2.24) is 14.3 Å². The number of amides is 1. The van der Waals surface area contributed by atoms with Gasteiger partial charge in [0.05, 0.1) is 12.1 Å². The molecule has 0 atom stereocenters. The van der Waals surface area contributed by atoms with Gasteiger partial charge in [-0.1, -0.05) is 0 Å². The zero-order valence-electron chi connectivity index (χ0n) is 10.8. The van der Waals surface area contributed by atoms with Gasteiger partial charge in [0.2, 0.25) is 5.91 Å². The molecular weight excluding hydrogens is 266 g/mol. The van der Waals surface area contributed by atoms with E-state index in [9.17, 15) is 9.59 Å². The van der Waals surface area contributed by atoms with Crippen molar-refractivity contribution in [2.45, 2.75) is 20.3 Å². The highest BCUT2D eigenvalue weighted by Gasteiger charge is 2.17. The first-order chi connectivity index (χ1) is 9.01. The summed E-state index contributed by atoms with van der Waals surface area (Å²) in [6, 6.07) is 0. The number of nitrogens with zero attached hydrogens (tertiary/aromatic N) is 3. The van der Waals surface area contributed by atoms with Crippen LogP contribution in [0.1, 0.15) is 18.3 Å². The van der Waals surface area contributed by atoms with E-state index in [4.69, 9.17) is 5.11 Å². The van der Waals surface area contributed by atoms with E-state index in [0.717, 1.165) is 16.3 Å². The quantitative estimate of drug-likeness (QED) is 0.893. The number of carboxylic acid groups (broad SMARTS) is 1. The number of carbonyl (C=O) groups is 2. The van der Waals surface area contributed by atoms with Gasteiger partial charge >= 0.3 is 5.97 Å². The van der Waals surface area contributed by atoms with Crippen molar-refractivity contribution in [3.8, 4) is 0 Å². The monoisotopic (exact) mass is 281 g/mol. The van der Waals surface area contributed by atoms with Crippen LogP contribution < -0.4 is 0 Å². The molecule has 2 aromatic rings. The van der Waals surface area contributed by atoms with Gasteiger partial charge in [-0.3, -0.25) is 14.0 Å². The molecule has 19 heavy (non-hydrogen) atoms. The maximum atomic E-state index is 12.1. The van der Waals surface area contributed by atoms with E-state index in [1.807, 2.05) is 22.9 Å². The third kappa shape index (κ3) is 2.93. The standard InChI is InChI=1S/C12H15N3O3S/c1-3-14(6-11(17)18)10(16)4-9-7-19-12-13-8(2)5-15(9)12/h5,7H,3-4,6H2,1-2H3,(H,17,18). The fourth-order valence-electron chi connectivity index (χ4n) is 1.88. The number of aromatic nitrogens is 2. The first kappa shape index (κ1) is 13.5. The van der Waals surface area contributed by atoms with Gasteiger partial charge in [0.1, 0.15) is 6.54 Å². The average Bonchev–Trinajstić information content (AvgIpc) is 2.86. The lowest BCUT2D eigenvalue weighted by molar-refractivity contribution is -0.144. The number of likely N-dealkylation sites (N-methyl/N-ethyl adjacent to an activating group) is 1. The van der Waals surface area contributed by atoms with Gasteiger partial charge in [-0.25, -0.2) is 4.98 Å². The predicted molar refractivity (Wildman–Crippen MR) is 71.4 cm³/mol. The number of thiazole rings is 1. The smallest absolute Gasteiger partial charge is 0.323 e. The predicted octanol–water partition coefficient (Wildman–Crippen LogP) is 1.18. The Morgan fingerprint density at radius 1 is 1.53 bits per heavy atom. The van der Waals surface area contributed by atoms with Gasteiger partial charge in [-0.2, -0.15) is 0 Å². The van der Waals surface area contributed by atoms with E-state index in [0.29, 0.717) is 6.54 Å². The third-order valence-corrected chi connectivity index (χ3v) is 3.69. The van der Waals surface area contributed by atoms with Crippen LogP contribution in [0, 0.1) is 6.92 Å². The Hall–Kier alpha value is -1.89. The highest BCUT2D eigenvalue weighted by Crippen LogP contribution is 2.17. The maximum Gasteiger partial charge on any atom is 0.323 e. The molecule has 2 rings (SSSR count). The fourth-order valence-corrected chi connectivity index (χ4v) is 2.79. The number of carboxylic acids is 1. The number of rotatable bonds is 5. The Morgan fingerprint density at radius 3 is 2.89 bits per heavy atom. The van der Waals surface area contributed by atoms with Crippen molar-refractivity contribution >= 4 is 28.2 Å². The van der Waals surface area contributed by atoms with Crippen molar-refractivity contribution in [2.75, 3.05) is 13.1 Å². The molecule has 0 fully saturated rings. The van der Waals surface area contributed by atoms with Crippen molar-refractivity contribution in [1.29, 1.82) is 0 Å². The summed E-state index contributed by atoms with van der Waals surface area (Å²) in [7, 11) is 0. The van der Waals surface area contributed by atoms with Gasteiger partial charge in [0.15, 0.2) is 4.96 Å². The minimum atomic E-state index is -0.996. The molecule has 6 nitrogen and oxygen atoms in total. The topological polar surface area (TPSA) is 74.9 Å². The lowest BCUT2D eigenvalue weighted by Gasteiger charge is -2.18. The molecule has 0 aliphatic heterocycles. The lowest BCUT2D eigenvalue weighted by Crippen LogP contribution is -2.36. The van der Waals surface area contributed by atoms with E-state index in [1.54, 1.807) is 6.92 Å². The van der Waals surface area contributed by atoms with Gasteiger partial charge in [-0.05, 0) is 13.8 Å². The van der Waals surface area contributed by atoms with Crippen LogP contribution in [0.4, 0.5) is 0 Å². The first-order valence-corrected chi connectivity index (χ1v) is 6.81. The molecule has 0 aliphatic rings. The second-order valence-electron chi connectivity index (χ2n) is 4.24. The van der Waals surface area contributed by atoms with E-state index in [-0.39, 0.29) is 18.9 Å². The van der Waals surface area contributed by atoms with Gasteiger partial charge < -0.3 is 10.0 Å². The zero-order chi connectivity index (χ0) is 14.0. The molecule has 2 aromatic heterocycles. The number of aryl methyl sites for hydroxylation is 1. The van der Waals surface area contributed by atoms with Gasteiger partial charge in [0, 0.05) is 23.8 Å². The normalized spacial score (nSPS) is 10.8. The molecule has 0 saturated carbocycles. The zero-order valence-corrected chi connectivity index (χ0v) is 11.6. The van der Waals surface area contributed by atoms with E-state index >= 15 is 0 Å².